The molecule has 2 aromatic carbocycles. The van der Waals surface area contributed by atoms with Crippen molar-refractivity contribution in [2.24, 2.45) is 0 Å². The average Bonchev–Trinajstić information content (AvgIpc) is 2.93. The number of hydrogen-bond acceptors (Lipinski definition) is 4. The van der Waals surface area contributed by atoms with Crippen LogP contribution in [0.1, 0.15) is 12.0 Å². The molecule has 0 spiro atoms. The molecular formula is C21H16Cl2N2O2S2. The van der Waals surface area contributed by atoms with Gasteiger partial charge in [0, 0.05) is 28.7 Å². The van der Waals surface area contributed by atoms with Gasteiger partial charge in [-0.3, -0.25) is 14.5 Å². The van der Waals surface area contributed by atoms with E-state index in [0.29, 0.717) is 25.0 Å². The number of nitrogens with one attached hydrogen (secondary N) is 1. The van der Waals surface area contributed by atoms with E-state index in [1.54, 1.807) is 24.3 Å². The van der Waals surface area contributed by atoms with E-state index in [1.807, 2.05) is 42.5 Å². The van der Waals surface area contributed by atoms with E-state index in [4.69, 9.17) is 35.4 Å². The molecule has 1 heterocycles. The van der Waals surface area contributed by atoms with E-state index in [-0.39, 0.29) is 24.8 Å². The minimum atomic E-state index is -0.259. The monoisotopic (exact) mass is 462 g/mol. The van der Waals surface area contributed by atoms with Gasteiger partial charge in [0.15, 0.2) is 0 Å². The van der Waals surface area contributed by atoms with Crippen LogP contribution < -0.4 is 5.32 Å². The largest absolute Gasteiger partial charge is 0.326 e. The lowest BCUT2D eigenvalue weighted by Gasteiger charge is -2.14. The molecule has 0 radical (unpaired) electrons. The van der Waals surface area contributed by atoms with Gasteiger partial charge in [0.1, 0.15) is 4.32 Å². The third kappa shape index (κ3) is 6.18. The summed E-state index contributed by atoms with van der Waals surface area (Å²) in [6, 6.07) is 14.6. The first-order valence-corrected chi connectivity index (χ1v) is 10.6. The molecule has 29 heavy (non-hydrogen) atoms. The summed E-state index contributed by atoms with van der Waals surface area (Å²) >= 11 is 18.4. The highest BCUT2D eigenvalue weighted by Gasteiger charge is 2.31. The maximum Gasteiger partial charge on any atom is 0.266 e. The van der Waals surface area contributed by atoms with Crippen molar-refractivity contribution in [3.05, 3.63) is 81.2 Å². The van der Waals surface area contributed by atoms with Gasteiger partial charge in [-0.2, -0.15) is 0 Å². The Bertz CT molecular complexity index is 987. The molecule has 0 saturated carbocycles. The van der Waals surface area contributed by atoms with E-state index in [9.17, 15) is 9.59 Å². The van der Waals surface area contributed by atoms with Crippen LogP contribution in [-0.2, 0) is 9.59 Å². The van der Waals surface area contributed by atoms with Crippen molar-refractivity contribution in [2.75, 3.05) is 11.9 Å². The molecule has 2 aromatic rings. The summed E-state index contributed by atoms with van der Waals surface area (Å²) in [6.45, 7) is 0.199. The van der Waals surface area contributed by atoms with Crippen molar-refractivity contribution in [2.45, 2.75) is 6.42 Å². The van der Waals surface area contributed by atoms with Gasteiger partial charge in [-0.25, -0.2) is 0 Å². The molecule has 0 aromatic heterocycles. The molecule has 2 amide bonds. The van der Waals surface area contributed by atoms with Gasteiger partial charge in [0.25, 0.3) is 5.91 Å². The van der Waals surface area contributed by atoms with E-state index in [1.165, 1.54) is 16.7 Å². The van der Waals surface area contributed by atoms with Crippen molar-refractivity contribution >= 4 is 75.1 Å². The Hall–Kier alpha value is -2.12. The van der Waals surface area contributed by atoms with Gasteiger partial charge in [0.05, 0.1) is 4.91 Å². The first-order chi connectivity index (χ1) is 13.9. The molecule has 1 fully saturated rings. The van der Waals surface area contributed by atoms with E-state index in [2.05, 4.69) is 5.32 Å². The zero-order valence-corrected chi connectivity index (χ0v) is 18.2. The molecule has 0 atom stereocenters. The summed E-state index contributed by atoms with van der Waals surface area (Å²) in [5.74, 6) is -0.457. The maximum atomic E-state index is 12.6. The Morgan fingerprint density at radius 3 is 2.52 bits per heavy atom. The first kappa shape index (κ1) is 21.6. The predicted octanol–water partition coefficient (Wildman–Crippen LogP) is 5.78. The second kappa shape index (κ2) is 10.1. The fourth-order valence-corrected chi connectivity index (χ4v) is 4.37. The standard InChI is InChI=1S/C21H16Cl2N2O2S2/c22-15-11-16(23)13-17(12-15)24-19(26)9-10-25-20(27)18(29-21(25)28)8-4-7-14-5-2-1-3-6-14/h1-8,11-13H,9-10H2,(H,24,26). The lowest BCUT2D eigenvalue weighted by molar-refractivity contribution is -0.122. The van der Waals surface area contributed by atoms with E-state index >= 15 is 0 Å². The lowest BCUT2D eigenvalue weighted by atomic mass is 10.2. The number of benzene rings is 2. The number of allylic oxidation sites excluding steroid dienone is 2. The van der Waals surface area contributed by atoms with Crippen molar-refractivity contribution in [1.82, 2.24) is 4.90 Å². The molecular weight excluding hydrogens is 447 g/mol. The van der Waals surface area contributed by atoms with Crippen LogP contribution in [0.4, 0.5) is 5.69 Å². The number of carbonyl (C=O) groups is 2. The number of rotatable bonds is 6. The minimum Gasteiger partial charge on any atom is -0.326 e. The van der Waals surface area contributed by atoms with E-state index in [0.717, 1.165) is 5.56 Å². The quantitative estimate of drug-likeness (QED) is 0.436. The Kier molecular flexibility index (Phi) is 7.50. The number of amides is 2. The van der Waals surface area contributed by atoms with Gasteiger partial charge in [0.2, 0.25) is 5.91 Å². The van der Waals surface area contributed by atoms with Gasteiger partial charge in [-0.1, -0.05) is 89.7 Å². The summed E-state index contributed by atoms with van der Waals surface area (Å²) in [7, 11) is 0. The number of thiocarbonyl (C=S) groups is 1. The fraction of sp³-hybridized carbons (Fsp3) is 0.0952. The SMILES string of the molecule is O=C(CCN1C(=O)C(=CC=Cc2ccccc2)SC1=S)Nc1cc(Cl)cc(Cl)c1. The second-order valence-corrected chi connectivity index (χ2v) is 8.63. The number of hydrogen-bond donors (Lipinski definition) is 1. The molecule has 148 valence electrons. The Balaban J connectivity index is 1.56. The molecule has 8 heteroatoms. The zero-order valence-electron chi connectivity index (χ0n) is 15.1. The third-order valence-corrected chi connectivity index (χ3v) is 5.75. The summed E-state index contributed by atoms with van der Waals surface area (Å²) < 4.78 is 0.438. The third-order valence-electron chi connectivity index (χ3n) is 3.92. The summed E-state index contributed by atoms with van der Waals surface area (Å²) in [5.41, 5.74) is 1.54. The fourth-order valence-electron chi connectivity index (χ4n) is 2.58. The van der Waals surface area contributed by atoms with Gasteiger partial charge in [-0.05, 0) is 29.8 Å². The minimum absolute atomic E-state index is 0.101. The van der Waals surface area contributed by atoms with Gasteiger partial charge >= 0.3 is 0 Å². The second-order valence-electron chi connectivity index (χ2n) is 6.08. The smallest absolute Gasteiger partial charge is 0.266 e. The maximum absolute atomic E-state index is 12.6. The summed E-state index contributed by atoms with van der Waals surface area (Å²) in [6.07, 6.45) is 5.57. The van der Waals surface area contributed by atoms with Crippen LogP contribution in [0.25, 0.3) is 6.08 Å². The predicted molar refractivity (Wildman–Crippen MR) is 125 cm³/mol. The van der Waals surface area contributed by atoms with Crippen LogP contribution >= 0.6 is 47.2 Å². The van der Waals surface area contributed by atoms with Crippen molar-refractivity contribution in [3.8, 4) is 0 Å². The van der Waals surface area contributed by atoms with Crippen LogP contribution in [0, 0.1) is 0 Å². The molecule has 4 nitrogen and oxygen atoms in total. The number of nitrogens with zero attached hydrogens (tertiary/aromatic N) is 1. The molecule has 1 N–H and O–H groups in total. The summed E-state index contributed by atoms with van der Waals surface area (Å²) in [5, 5.41) is 3.58. The number of halogens is 2. The van der Waals surface area contributed by atoms with Crippen molar-refractivity contribution < 1.29 is 9.59 Å². The zero-order chi connectivity index (χ0) is 20.8. The summed E-state index contributed by atoms with van der Waals surface area (Å²) in [4.78, 5) is 26.7. The first-order valence-electron chi connectivity index (χ1n) is 8.65. The van der Waals surface area contributed by atoms with Gasteiger partial charge in [-0.15, -0.1) is 0 Å². The van der Waals surface area contributed by atoms with Crippen LogP contribution in [0.3, 0.4) is 0 Å². The molecule has 1 aliphatic heterocycles. The average molecular weight is 463 g/mol. The highest BCUT2D eigenvalue weighted by atomic mass is 35.5. The highest BCUT2D eigenvalue weighted by Crippen LogP contribution is 2.31. The molecule has 1 saturated heterocycles. The van der Waals surface area contributed by atoms with E-state index < -0.39 is 0 Å². The Labute approximate surface area is 188 Å². The van der Waals surface area contributed by atoms with Crippen LogP contribution in [-0.4, -0.2) is 27.6 Å². The molecule has 0 aliphatic carbocycles. The molecule has 0 unspecified atom stereocenters. The number of anilines is 1. The van der Waals surface area contributed by atoms with Crippen LogP contribution in [0.15, 0.2) is 65.6 Å². The molecule has 3 rings (SSSR count). The van der Waals surface area contributed by atoms with Crippen molar-refractivity contribution in [3.63, 3.8) is 0 Å². The normalized spacial score (nSPS) is 15.5. The topological polar surface area (TPSA) is 49.4 Å². The number of carbonyl (C=O) groups excluding carboxylic acids is 2. The highest BCUT2D eigenvalue weighted by molar-refractivity contribution is 8.26. The Morgan fingerprint density at radius 1 is 1.14 bits per heavy atom. The lowest BCUT2D eigenvalue weighted by Crippen LogP contribution is -2.31. The van der Waals surface area contributed by atoms with Gasteiger partial charge < -0.3 is 5.32 Å². The van der Waals surface area contributed by atoms with Crippen molar-refractivity contribution in [1.29, 1.82) is 0 Å². The molecule has 1 aliphatic rings. The number of thioether (sulfide) groups is 1. The molecule has 0 bridgehead atoms. The van der Waals surface area contributed by atoms with Crippen LogP contribution in [0.2, 0.25) is 10.0 Å². The Morgan fingerprint density at radius 2 is 1.83 bits per heavy atom. The van der Waals surface area contributed by atoms with Crippen LogP contribution in [0.5, 0.6) is 0 Å².